The molecule has 0 saturated heterocycles. The third kappa shape index (κ3) is 2.81. The lowest BCUT2D eigenvalue weighted by Gasteiger charge is -2.25. The largest absolute Gasteiger partial charge is 0.465 e. The summed E-state index contributed by atoms with van der Waals surface area (Å²) in [5, 5.41) is 3.19. The molecule has 0 radical (unpaired) electrons. The second-order valence-electron chi connectivity index (χ2n) is 5.54. The van der Waals surface area contributed by atoms with Crippen LogP contribution in [0.3, 0.4) is 0 Å². The number of guanidine groups is 1. The summed E-state index contributed by atoms with van der Waals surface area (Å²) in [6.45, 7) is 0.207. The molecule has 1 aliphatic carbocycles. The van der Waals surface area contributed by atoms with Crippen LogP contribution in [0.1, 0.15) is 36.0 Å². The van der Waals surface area contributed by atoms with Crippen molar-refractivity contribution in [3.05, 3.63) is 29.8 Å². The lowest BCUT2D eigenvalue weighted by Crippen LogP contribution is -2.43. The Morgan fingerprint density at radius 2 is 1.95 bits per heavy atom. The van der Waals surface area contributed by atoms with E-state index in [0.717, 1.165) is 31.4 Å². The Hall–Kier alpha value is -2.37. The first-order valence-electron chi connectivity index (χ1n) is 7.51. The Bertz CT molecular complexity index is 604. The second-order valence-corrected chi connectivity index (χ2v) is 5.54. The van der Waals surface area contributed by atoms with Gasteiger partial charge in [-0.2, -0.15) is 0 Å². The number of carbonyl (C=O) groups is 2. The number of methoxy groups -OCH3 is 1. The average molecular weight is 301 g/mol. The molecule has 1 fully saturated rings. The number of ether oxygens (including phenoxy) is 1. The Morgan fingerprint density at radius 1 is 1.27 bits per heavy atom. The van der Waals surface area contributed by atoms with Gasteiger partial charge in [0.2, 0.25) is 5.96 Å². The van der Waals surface area contributed by atoms with Crippen LogP contribution in [0.2, 0.25) is 0 Å². The fourth-order valence-electron chi connectivity index (χ4n) is 2.99. The number of nitrogens with zero attached hydrogens (tertiary/aromatic N) is 2. The van der Waals surface area contributed by atoms with Gasteiger partial charge >= 0.3 is 5.97 Å². The van der Waals surface area contributed by atoms with Crippen LogP contribution >= 0.6 is 0 Å². The first-order chi connectivity index (χ1) is 10.7. The van der Waals surface area contributed by atoms with Gasteiger partial charge in [0, 0.05) is 11.7 Å². The van der Waals surface area contributed by atoms with Crippen molar-refractivity contribution < 1.29 is 14.3 Å². The minimum absolute atomic E-state index is 0.0561. The Balaban J connectivity index is 1.71. The van der Waals surface area contributed by atoms with Crippen molar-refractivity contribution in [2.45, 2.75) is 31.7 Å². The maximum Gasteiger partial charge on any atom is 0.337 e. The lowest BCUT2D eigenvalue weighted by atomic mass is 10.2. The molecule has 0 unspecified atom stereocenters. The van der Waals surface area contributed by atoms with Gasteiger partial charge < -0.3 is 10.1 Å². The van der Waals surface area contributed by atoms with Gasteiger partial charge in [-0.25, -0.2) is 9.79 Å². The lowest BCUT2D eigenvalue weighted by molar-refractivity contribution is -0.126. The summed E-state index contributed by atoms with van der Waals surface area (Å²) in [6.07, 6.45) is 4.40. The number of hydrogen-bond acceptors (Lipinski definition) is 5. The minimum atomic E-state index is -0.368. The van der Waals surface area contributed by atoms with Crippen molar-refractivity contribution in [1.82, 2.24) is 4.90 Å². The first kappa shape index (κ1) is 14.6. The summed E-state index contributed by atoms with van der Waals surface area (Å²) in [7, 11) is 1.35. The third-order valence-electron chi connectivity index (χ3n) is 4.11. The predicted molar refractivity (Wildman–Crippen MR) is 82.8 cm³/mol. The van der Waals surface area contributed by atoms with E-state index in [1.807, 2.05) is 0 Å². The molecule has 1 saturated carbocycles. The SMILES string of the molecule is COC(=O)c1ccc(NC2=NCC(=O)N2C2CCCC2)cc1. The van der Waals surface area contributed by atoms with Crippen LogP contribution in [0.4, 0.5) is 5.69 Å². The van der Waals surface area contributed by atoms with Crippen LogP contribution in [-0.4, -0.2) is 42.4 Å². The first-order valence-corrected chi connectivity index (χ1v) is 7.51. The maximum absolute atomic E-state index is 12.1. The quantitative estimate of drug-likeness (QED) is 0.867. The van der Waals surface area contributed by atoms with E-state index < -0.39 is 0 Å². The van der Waals surface area contributed by atoms with Crippen LogP contribution in [0.25, 0.3) is 0 Å². The number of carbonyl (C=O) groups excluding carboxylic acids is 2. The molecule has 6 heteroatoms. The van der Waals surface area contributed by atoms with E-state index in [9.17, 15) is 9.59 Å². The van der Waals surface area contributed by atoms with E-state index in [1.54, 1.807) is 29.2 Å². The molecule has 1 N–H and O–H groups in total. The molecule has 1 aliphatic heterocycles. The van der Waals surface area contributed by atoms with E-state index in [1.165, 1.54) is 7.11 Å². The molecule has 22 heavy (non-hydrogen) atoms. The van der Waals surface area contributed by atoms with E-state index in [2.05, 4.69) is 15.0 Å². The molecule has 2 aliphatic rings. The average Bonchev–Trinajstić information content (AvgIpc) is 3.17. The molecule has 1 amide bonds. The maximum atomic E-state index is 12.1. The van der Waals surface area contributed by atoms with Crippen LogP contribution in [0, 0.1) is 0 Å². The van der Waals surface area contributed by atoms with Crippen LogP contribution in [-0.2, 0) is 9.53 Å². The topological polar surface area (TPSA) is 71.0 Å². The molecular weight excluding hydrogens is 282 g/mol. The Morgan fingerprint density at radius 3 is 2.59 bits per heavy atom. The number of nitrogens with one attached hydrogen (secondary N) is 1. The summed E-state index contributed by atoms with van der Waals surface area (Å²) >= 11 is 0. The van der Waals surface area contributed by atoms with Gasteiger partial charge in [-0.05, 0) is 37.1 Å². The summed E-state index contributed by atoms with van der Waals surface area (Å²) in [6, 6.07) is 7.20. The van der Waals surface area contributed by atoms with Crippen molar-refractivity contribution in [1.29, 1.82) is 0 Å². The van der Waals surface area contributed by atoms with Crippen molar-refractivity contribution >= 4 is 23.5 Å². The summed E-state index contributed by atoms with van der Waals surface area (Å²) in [5.74, 6) is 0.302. The highest BCUT2D eigenvalue weighted by atomic mass is 16.5. The number of benzene rings is 1. The molecule has 116 valence electrons. The molecule has 3 rings (SSSR count). The van der Waals surface area contributed by atoms with Crippen LogP contribution in [0.5, 0.6) is 0 Å². The molecule has 1 heterocycles. The molecule has 6 nitrogen and oxygen atoms in total. The van der Waals surface area contributed by atoms with Gasteiger partial charge in [-0.15, -0.1) is 0 Å². The summed E-state index contributed by atoms with van der Waals surface area (Å²) in [4.78, 5) is 29.6. The zero-order valence-electron chi connectivity index (χ0n) is 12.5. The number of anilines is 1. The van der Waals surface area contributed by atoms with E-state index >= 15 is 0 Å². The fraction of sp³-hybridized carbons (Fsp3) is 0.438. The smallest absolute Gasteiger partial charge is 0.337 e. The molecular formula is C16H19N3O3. The van der Waals surface area contributed by atoms with Crippen molar-refractivity contribution in [3.8, 4) is 0 Å². The minimum Gasteiger partial charge on any atom is -0.465 e. The fourth-order valence-corrected chi connectivity index (χ4v) is 2.99. The van der Waals surface area contributed by atoms with E-state index in [0.29, 0.717) is 11.5 Å². The summed E-state index contributed by atoms with van der Waals surface area (Å²) in [5.41, 5.74) is 1.29. The van der Waals surface area contributed by atoms with E-state index in [4.69, 9.17) is 0 Å². The van der Waals surface area contributed by atoms with Crippen molar-refractivity contribution in [2.75, 3.05) is 19.0 Å². The number of rotatable bonds is 3. The van der Waals surface area contributed by atoms with Gasteiger partial charge in [-0.1, -0.05) is 12.8 Å². The normalized spacial score (nSPS) is 18.5. The predicted octanol–water partition coefficient (Wildman–Crippen LogP) is 2.03. The second kappa shape index (κ2) is 6.17. The Kier molecular flexibility index (Phi) is 4.09. The third-order valence-corrected chi connectivity index (χ3v) is 4.11. The zero-order valence-corrected chi connectivity index (χ0v) is 12.5. The monoisotopic (exact) mass is 301 g/mol. The molecule has 0 spiro atoms. The molecule has 0 bridgehead atoms. The van der Waals surface area contributed by atoms with Crippen molar-refractivity contribution in [2.24, 2.45) is 4.99 Å². The van der Waals surface area contributed by atoms with Crippen LogP contribution < -0.4 is 5.32 Å². The number of aliphatic imine (C=N–C) groups is 1. The number of hydrogen-bond donors (Lipinski definition) is 1. The Labute approximate surface area is 129 Å². The molecule has 1 aromatic carbocycles. The zero-order chi connectivity index (χ0) is 15.5. The van der Waals surface area contributed by atoms with Crippen LogP contribution in [0.15, 0.2) is 29.3 Å². The van der Waals surface area contributed by atoms with Gasteiger partial charge in [0.05, 0.1) is 12.7 Å². The summed E-state index contributed by atoms with van der Waals surface area (Å²) < 4.78 is 4.67. The molecule has 0 atom stereocenters. The van der Waals surface area contributed by atoms with Gasteiger partial charge in [0.15, 0.2) is 0 Å². The van der Waals surface area contributed by atoms with Gasteiger partial charge in [0.1, 0.15) is 6.54 Å². The number of amides is 1. The standard InChI is InChI=1S/C16H19N3O3/c1-22-15(21)11-6-8-12(9-7-11)18-16-17-10-14(20)19(16)13-4-2-3-5-13/h6-9,13H,2-5,10H2,1H3,(H,17,18). The highest BCUT2D eigenvalue weighted by Gasteiger charge is 2.33. The highest BCUT2D eigenvalue weighted by Crippen LogP contribution is 2.26. The molecule has 1 aromatic rings. The van der Waals surface area contributed by atoms with Gasteiger partial charge in [-0.3, -0.25) is 9.69 Å². The van der Waals surface area contributed by atoms with Gasteiger partial charge in [0.25, 0.3) is 5.91 Å². The van der Waals surface area contributed by atoms with E-state index in [-0.39, 0.29) is 24.5 Å². The number of esters is 1. The highest BCUT2D eigenvalue weighted by molar-refractivity contribution is 6.09. The van der Waals surface area contributed by atoms with Crippen molar-refractivity contribution in [3.63, 3.8) is 0 Å². The molecule has 0 aromatic heterocycles.